The van der Waals surface area contributed by atoms with Gasteiger partial charge in [0.25, 0.3) is 0 Å². The van der Waals surface area contributed by atoms with Crippen molar-refractivity contribution < 1.29 is 14.6 Å². The molecule has 2 atom stereocenters. The van der Waals surface area contributed by atoms with E-state index in [0.29, 0.717) is 12.5 Å². The maximum Gasteiger partial charge on any atom is 0.305 e. The minimum Gasteiger partial charge on any atom is -0.489 e. The van der Waals surface area contributed by atoms with Gasteiger partial charge in [0.15, 0.2) is 0 Å². The van der Waals surface area contributed by atoms with Crippen LogP contribution in [-0.4, -0.2) is 23.7 Å². The van der Waals surface area contributed by atoms with Crippen LogP contribution in [0.4, 0.5) is 5.69 Å². The molecule has 1 aliphatic heterocycles. The van der Waals surface area contributed by atoms with Crippen LogP contribution in [0.2, 0.25) is 0 Å². The Kier molecular flexibility index (Phi) is 5.27. The van der Waals surface area contributed by atoms with Crippen LogP contribution in [0.5, 0.6) is 5.75 Å². The summed E-state index contributed by atoms with van der Waals surface area (Å²) in [7, 11) is 0. The molecule has 1 heterocycles. The first-order valence-corrected chi connectivity index (χ1v) is 8.78. The van der Waals surface area contributed by atoms with Crippen LogP contribution in [0.15, 0.2) is 48.5 Å². The molecule has 0 aromatic heterocycles. The van der Waals surface area contributed by atoms with E-state index in [2.05, 4.69) is 30.9 Å². The van der Waals surface area contributed by atoms with Crippen molar-refractivity contribution in [2.45, 2.75) is 39.3 Å². The van der Waals surface area contributed by atoms with Crippen LogP contribution in [-0.2, 0) is 11.4 Å². The lowest BCUT2D eigenvalue weighted by Gasteiger charge is -2.26. The first kappa shape index (κ1) is 17.3. The normalized spacial score (nSPS) is 19.8. The lowest BCUT2D eigenvalue weighted by molar-refractivity contribution is -0.137. The Hall–Kier alpha value is -2.49. The molecule has 132 valence electrons. The van der Waals surface area contributed by atoms with E-state index in [1.54, 1.807) is 0 Å². The van der Waals surface area contributed by atoms with Crippen LogP contribution in [0, 0.1) is 12.8 Å². The first-order valence-electron chi connectivity index (χ1n) is 8.78. The number of carbonyl (C=O) groups is 1. The van der Waals surface area contributed by atoms with Crippen molar-refractivity contribution >= 4 is 11.7 Å². The van der Waals surface area contributed by atoms with Gasteiger partial charge in [-0.05, 0) is 54.7 Å². The van der Waals surface area contributed by atoms with Crippen molar-refractivity contribution in [3.63, 3.8) is 0 Å². The Morgan fingerprint density at radius 1 is 1.20 bits per heavy atom. The van der Waals surface area contributed by atoms with Crippen molar-refractivity contribution in [3.8, 4) is 5.75 Å². The number of nitrogens with zero attached hydrogens (tertiary/aromatic N) is 1. The summed E-state index contributed by atoms with van der Waals surface area (Å²) in [4.78, 5) is 13.3. The zero-order chi connectivity index (χ0) is 17.8. The quantitative estimate of drug-likeness (QED) is 0.854. The van der Waals surface area contributed by atoms with E-state index in [4.69, 9.17) is 9.84 Å². The number of benzene rings is 2. The molecule has 0 aliphatic carbocycles. The molecule has 0 radical (unpaired) electrons. The molecule has 25 heavy (non-hydrogen) atoms. The number of rotatable bonds is 6. The Morgan fingerprint density at radius 3 is 2.60 bits per heavy atom. The molecular weight excluding hydrogens is 314 g/mol. The summed E-state index contributed by atoms with van der Waals surface area (Å²) in [6.45, 7) is 5.71. The van der Waals surface area contributed by atoms with Gasteiger partial charge in [0, 0.05) is 18.3 Å². The third-order valence-electron chi connectivity index (χ3n) is 4.86. The van der Waals surface area contributed by atoms with E-state index in [9.17, 15) is 4.79 Å². The van der Waals surface area contributed by atoms with E-state index < -0.39 is 5.97 Å². The summed E-state index contributed by atoms with van der Waals surface area (Å²) >= 11 is 0. The topological polar surface area (TPSA) is 49.8 Å². The second-order valence-electron chi connectivity index (χ2n) is 6.95. The van der Waals surface area contributed by atoms with E-state index in [0.717, 1.165) is 24.4 Å². The number of hydrogen-bond donors (Lipinski definition) is 1. The van der Waals surface area contributed by atoms with Crippen LogP contribution in [0.1, 0.15) is 30.9 Å². The van der Waals surface area contributed by atoms with Gasteiger partial charge >= 0.3 is 5.97 Å². The Morgan fingerprint density at radius 2 is 1.92 bits per heavy atom. The Labute approximate surface area is 149 Å². The van der Waals surface area contributed by atoms with Gasteiger partial charge < -0.3 is 14.7 Å². The monoisotopic (exact) mass is 339 g/mol. The highest BCUT2D eigenvalue weighted by atomic mass is 16.5. The minimum atomic E-state index is -0.734. The van der Waals surface area contributed by atoms with E-state index >= 15 is 0 Å². The molecule has 4 heteroatoms. The van der Waals surface area contributed by atoms with Crippen LogP contribution in [0.25, 0.3) is 0 Å². The summed E-state index contributed by atoms with van der Waals surface area (Å²) < 4.78 is 5.89. The Balaban J connectivity index is 1.65. The molecule has 2 aromatic rings. The highest BCUT2D eigenvalue weighted by Gasteiger charge is 2.31. The molecule has 2 unspecified atom stereocenters. The number of hydrogen-bond acceptors (Lipinski definition) is 3. The van der Waals surface area contributed by atoms with Crippen LogP contribution in [0.3, 0.4) is 0 Å². The van der Waals surface area contributed by atoms with Gasteiger partial charge in [0.05, 0.1) is 6.42 Å². The number of aryl methyl sites for hydroxylation is 1. The number of carboxylic acid groups (broad SMARTS) is 1. The molecule has 1 aliphatic rings. The van der Waals surface area contributed by atoms with Gasteiger partial charge in [-0.25, -0.2) is 0 Å². The van der Waals surface area contributed by atoms with Crippen molar-refractivity contribution in [3.05, 3.63) is 59.7 Å². The third-order valence-corrected chi connectivity index (χ3v) is 4.86. The van der Waals surface area contributed by atoms with Crippen LogP contribution < -0.4 is 9.64 Å². The van der Waals surface area contributed by atoms with Crippen molar-refractivity contribution in [1.82, 2.24) is 0 Å². The molecular formula is C21H25NO3. The maximum absolute atomic E-state index is 11.1. The molecule has 0 spiro atoms. The van der Waals surface area contributed by atoms with Crippen molar-refractivity contribution in [2.24, 2.45) is 5.92 Å². The molecule has 1 saturated heterocycles. The average molecular weight is 339 g/mol. The van der Waals surface area contributed by atoms with Gasteiger partial charge in [-0.2, -0.15) is 0 Å². The standard InChI is InChI=1S/C21H25NO3/c1-15-11-19(12-21(23)24)22(13-15)18-7-9-20(10-8-18)25-14-17-6-4-3-5-16(17)2/h3-10,15,19H,11-14H2,1-2H3,(H,23,24). The summed E-state index contributed by atoms with van der Waals surface area (Å²) in [5.74, 6) is 0.609. The zero-order valence-corrected chi connectivity index (χ0v) is 14.8. The fourth-order valence-corrected chi connectivity index (χ4v) is 3.53. The fraction of sp³-hybridized carbons (Fsp3) is 0.381. The smallest absolute Gasteiger partial charge is 0.305 e. The first-order chi connectivity index (χ1) is 12.0. The van der Waals surface area contributed by atoms with Gasteiger partial charge in [-0.15, -0.1) is 0 Å². The summed E-state index contributed by atoms with van der Waals surface area (Å²) in [6, 6.07) is 16.3. The molecule has 1 fully saturated rings. The molecule has 0 amide bonds. The van der Waals surface area contributed by atoms with Gasteiger partial charge in [0.1, 0.15) is 12.4 Å². The molecule has 2 aromatic carbocycles. The lowest BCUT2D eigenvalue weighted by atomic mass is 10.1. The number of ether oxygens (including phenoxy) is 1. The second-order valence-corrected chi connectivity index (χ2v) is 6.95. The van der Waals surface area contributed by atoms with E-state index in [1.165, 1.54) is 11.1 Å². The van der Waals surface area contributed by atoms with Crippen molar-refractivity contribution in [2.75, 3.05) is 11.4 Å². The van der Waals surface area contributed by atoms with E-state index in [1.807, 2.05) is 36.4 Å². The molecule has 0 saturated carbocycles. The second kappa shape index (κ2) is 7.60. The van der Waals surface area contributed by atoms with Gasteiger partial charge in [0.2, 0.25) is 0 Å². The Bertz CT molecular complexity index is 726. The summed E-state index contributed by atoms with van der Waals surface area (Å²) in [6.07, 6.45) is 1.12. The van der Waals surface area contributed by atoms with Gasteiger partial charge in [-0.1, -0.05) is 31.2 Å². The molecule has 4 nitrogen and oxygen atoms in total. The third kappa shape index (κ3) is 4.32. The SMILES string of the molecule is Cc1ccccc1COc1ccc(N2CC(C)CC2CC(=O)O)cc1. The zero-order valence-electron chi connectivity index (χ0n) is 14.8. The average Bonchev–Trinajstić information content (AvgIpc) is 2.94. The molecule has 0 bridgehead atoms. The largest absolute Gasteiger partial charge is 0.489 e. The van der Waals surface area contributed by atoms with E-state index in [-0.39, 0.29) is 12.5 Å². The lowest BCUT2D eigenvalue weighted by Crippen LogP contribution is -2.31. The summed E-state index contributed by atoms with van der Waals surface area (Å²) in [5, 5.41) is 9.12. The number of carboxylic acids is 1. The van der Waals surface area contributed by atoms with Gasteiger partial charge in [-0.3, -0.25) is 4.79 Å². The summed E-state index contributed by atoms with van der Waals surface area (Å²) in [5.41, 5.74) is 3.47. The van der Waals surface area contributed by atoms with Crippen LogP contribution >= 0.6 is 0 Å². The molecule has 1 N–H and O–H groups in total. The maximum atomic E-state index is 11.1. The fourth-order valence-electron chi connectivity index (χ4n) is 3.53. The number of anilines is 1. The predicted molar refractivity (Wildman–Crippen MR) is 99.1 cm³/mol. The highest BCUT2D eigenvalue weighted by molar-refractivity contribution is 5.69. The highest BCUT2D eigenvalue weighted by Crippen LogP contribution is 2.31. The van der Waals surface area contributed by atoms with Crippen molar-refractivity contribution in [1.29, 1.82) is 0 Å². The predicted octanol–water partition coefficient (Wildman–Crippen LogP) is 4.26. The number of aliphatic carboxylic acids is 1. The minimum absolute atomic E-state index is 0.0752. The molecule has 3 rings (SSSR count).